The molecule has 2 N–H and O–H groups in total. The molecule has 0 unspecified atom stereocenters. The largest absolute Gasteiger partial charge is 0.349 e. The summed E-state index contributed by atoms with van der Waals surface area (Å²) in [6.45, 7) is 17.1. The van der Waals surface area contributed by atoms with E-state index in [-0.39, 0.29) is 46.1 Å². The average molecular weight is 553 g/mol. The number of rotatable bonds is 6. The van der Waals surface area contributed by atoms with Gasteiger partial charge >= 0.3 is 0 Å². The van der Waals surface area contributed by atoms with E-state index in [2.05, 4.69) is 66.0 Å². The molecule has 0 radical (unpaired) electrons. The van der Waals surface area contributed by atoms with Gasteiger partial charge < -0.3 is 20.3 Å². The number of piperidine rings is 2. The van der Waals surface area contributed by atoms with Crippen LogP contribution in [0.3, 0.4) is 0 Å². The molecule has 0 saturated carbocycles. The van der Waals surface area contributed by atoms with Gasteiger partial charge in [-0.05, 0) is 116 Å². The molecular weight excluding hydrogens is 504 g/mol. The van der Waals surface area contributed by atoms with Crippen LogP contribution in [0.1, 0.15) is 102 Å². The van der Waals surface area contributed by atoms with Crippen LogP contribution < -0.4 is 10.6 Å². The molecule has 2 amide bonds. The third-order valence-electron chi connectivity index (χ3n) is 8.58. The highest BCUT2D eigenvalue weighted by Gasteiger charge is 2.47. The molecule has 2 fully saturated rings. The van der Waals surface area contributed by atoms with Gasteiger partial charge in [-0.25, -0.2) is 0 Å². The van der Waals surface area contributed by atoms with Crippen molar-refractivity contribution in [1.29, 1.82) is 0 Å². The quantitative estimate of drug-likeness (QED) is 0.495. The summed E-state index contributed by atoms with van der Waals surface area (Å²) < 4.78 is 0. The SMILES string of the molecule is CON1C(C)(C)CC(NC(=O)c2ccc3cc(C(=O)NC4CC(C)(C)N(OC)C(C)(C)C4)ccc3c2)CC1(C)C. The van der Waals surface area contributed by atoms with Crippen molar-refractivity contribution in [2.45, 2.75) is 115 Å². The van der Waals surface area contributed by atoms with Gasteiger partial charge in [0.1, 0.15) is 0 Å². The highest BCUT2D eigenvalue weighted by molar-refractivity contribution is 6.02. The molecule has 2 saturated heterocycles. The number of nitrogens with one attached hydrogen (secondary N) is 2. The van der Waals surface area contributed by atoms with Crippen LogP contribution in [0.4, 0.5) is 0 Å². The van der Waals surface area contributed by atoms with Gasteiger partial charge in [-0.15, -0.1) is 0 Å². The fourth-order valence-corrected chi connectivity index (χ4v) is 7.78. The molecule has 220 valence electrons. The predicted octanol–water partition coefficient (Wildman–Crippen LogP) is 5.47. The number of carbonyl (C=O) groups is 2. The van der Waals surface area contributed by atoms with Crippen molar-refractivity contribution in [3.8, 4) is 0 Å². The van der Waals surface area contributed by atoms with Crippen molar-refractivity contribution in [2.24, 2.45) is 0 Å². The molecular formula is C32H48N4O4. The molecule has 8 nitrogen and oxygen atoms in total. The smallest absolute Gasteiger partial charge is 0.251 e. The number of hydrogen-bond donors (Lipinski definition) is 2. The lowest BCUT2D eigenvalue weighted by atomic mass is 9.79. The highest BCUT2D eigenvalue weighted by atomic mass is 16.7. The van der Waals surface area contributed by atoms with Crippen LogP contribution in [0.5, 0.6) is 0 Å². The Morgan fingerprint density at radius 1 is 0.625 bits per heavy atom. The Labute approximate surface area is 239 Å². The van der Waals surface area contributed by atoms with Crippen LogP contribution in [0, 0.1) is 0 Å². The van der Waals surface area contributed by atoms with Crippen LogP contribution in [-0.2, 0) is 9.68 Å². The van der Waals surface area contributed by atoms with E-state index in [1.807, 2.05) is 46.5 Å². The topological polar surface area (TPSA) is 83.1 Å². The van der Waals surface area contributed by atoms with E-state index in [4.69, 9.17) is 9.68 Å². The summed E-state index contributed by atoms with van der Waals surface area (Å²) in [4.78, 5) is 37.9. The van der Waals surface area contributed by atoms with E-state index in [0.29, 0.717) is 11.1 Å². The maximum atomic E-state index is 13.2. The summed E-state index contributed by atoms with van der Waals surface area (Å²) in [7, 11) is 3.42. The van der Waals surface area contributed by atoms with E-state index >= 15 is 0 Å². The number of hydroxylamine groups is 4. The monoisotopic (exact) mass is 552 g/mol. The zero-order valence-corrected chi connectivity index (χ0v) is 26.0. The van der Waals surface area contributed by atoms with Gasteiger partial charge in [0.25, 0.3) is 11.8 Å². The Kier molecular flexibility index (Phi) is 8.15. The zero-order valence-electron chi connectivity index (χ0n) is 26.0. The van der Waals surface area contributed by atoms with Crippen LogP contribution >= 0.6 is 0 Å². The molecule has 2 aromatic rings. The Morgan fingerprint density at radius 3 is 1.20 bits per heavy atom. The van der Waals surface area contributed by atoms with E-state index in [1.165, 1.54) is 0 Å². The minimum atomic E-state index is -0.207. The van der Waals surface area contributed by atoms with Gasteiger partial charge in [0, 0.05) is 45.4 Å². The second kappa shape index (κ2) is 10.7. The fraction of sp³-hybridized carbons (Fsp3) is 0.625. The normalized spacial score (nSPS) is 23.1. The molecule has 0 atom stereocenters. The molecule has 2 aromatic carbocycles. The molecule has 0 spiro atoms. The number of amides is 2. The van der Waals surface area contributed by atoms with Gasteiger partial charge in [-0.1, -0.05) is 12.1 Å². The van der Waals surface area contributed by atoms with Crippen molar-refractivity contribution in [3.63, 3.8) is 0 Å². The van der Waals surface area contributed by atoms with Gasteiger partial charge in [-0.3, -0.25) is 9.59 Å². The van der Waals surface area contributed by atoms with Gasteiger partial charge in [0.15, 0.2) is 0 Å². The Bertz CT molecular complexity index is 1140. The minimum absolute atomic E-state index is 0.0383. The van der Waals surface area contributed by atoms with Crippen LogP contribution in [0.15, 0.2) is 36.4 Å². The number of nitrogens with zero attached hydrogens (tertiary/aromatic N) is 2. The average Bonchev–Trinajstić information content (AvgIpc) is 2.80. The first-order chi connectivity index (χ1) is 18.5. The van der Waals surface area contributed by atoms with Crippen molar-refractivity contribution in [2.75, 3.05) is 14.2 Å². The third kappa shape index (κ3) is 6.05. The van der Waals surface area contributed by atoms with E-state index in [0.717, 1.165) is 36.5 Å². The third-order valence-corrected chi connectivity index (χ3v) is 8.58. The van der Waals surface area contributed by atoms with E-state index in [1.54, 1.807) is 14.2 Å². The second-order valence-electron chi connectivity index (χ2n) is 14.1. The molecule has 40 heavy (non-hydrogen) atoms. The molecule has 4 rings (SSSR count). The molecule has 2 heterocycles. The summed E-state index contributed by atoms with van der Waals surface area (Å²) in [6.07, 6.45) is 3.17. The van der Waals surface area contributed by atoms with Crippen molar-refractivity contribution < 1.29 is 19.3 Å². The maximum Gasteiger partial charge on any atom is 0.251 e. The summed E-state index contributed by atoms with van der Waals surface area (Å²) >= 11 is 0. The Morgan fingerprint density at radius 2 is 0.925 bits per heavy atom. The molecule has 8 heteroatoms. The molecule has 0 aromatic heterocycles. The predicted molar refractivity (Wildman–Crippen MR) is 159 cm³/mol. The Balaban J connectivity index is 1.45. The lowest BCUT2D eigenvalue weighted by Crippen LogP contribution is -2.63. The number of benzene rings is 2. The van der Waals surface area contributed by atoms with E-state index < -0.39 is 0 Å². The first-order valence-corrected chi connectivity index (χ1v) is 14.3. The summed E-state index contributed by atoms with van der Waals surface area (Å²) in [5, 5.41) is 12.4. The molecule has 0 aliphatic carbocycles. The molecule has 2 aliphatic heterocycles. The lowest BCUT2D eigenvalue weighted by molar-refractivity contribution is -0.267. The van der Waals surface area contributed by atoms with Crippen LogP contribution in [-0.4, -0.2) is 70.4 Å². The first kappa shape index (κ1) is 30.4. The van der Waals surface area contributed by atoms with Gasteiger partial charge in [0.05, 0.1) is 14.2 Å². The fourth-order valence-electron chi connectivity index (χ4n) is 7.78. The zero-order chi connectivity index (χ0) is 29.7. The minimum Gasteiger partial charge on any atom is -0.349 e. The van der Waals surface area contributed by atoms with Crippen LogP contribution in [0.25, 0.3) is 10.8 Å². The van der Waals surface area contributed by atoms with Gasteiger partial charge in [-0.2, -0.15) is 10.1 Å². The van der Waals surface area contributed by atoms with Gasteiger partial charge in [0.2, 0.25) is 0 Å². The summed E-state index contributed by atoms with van der Waals surface area (Å²) in [6, 6.07) is 11.4. The maximum absolute atomic E-state index is 13.2. The van der Waals surface area contributed by atoms with Crippen LogP contribution in [0.2, 0.25) is 0 Å². The summed E-state index contributed by atoms with van der Waals surface area (Å²) in [5.74, 6) is -0.169. The molecule has 0 bridgehead atoms. The van der Waals surface area contributed by atoms with Crippen molar-refractivity contribution >= 4 is 22.6 Å². The van der Waals surface area contributed by atoms with E-state index in [9.17, 15) is 9.59 Å². The highest BCUT2D eigenvalue weighted by Crippen LogP contribution is 2.39. The summed E-state index contributed by atoms with van der Waals surface area (Å²) in [5.41, 5.74) is 0.400. The molecule has 2 aliphatic rings. The number of hydrogen-bond acceptors (Lipinski definition) is 6. The second-order valence-corrected chi connectivity index (χ2v) is 14.1. The number of carbonyl (C=O) groups excluding carboxylic acids is 2. The van der Waals surface area contributed by atoms with Crippen molar-refractivity contribution in [1.82, 2.24) is 20.8 Å². The number of fused-ring (bicyclic) bond motifs is 1. The van der Waals surface area contributed by atoms with Crippen molar-refractivity contribution in [3.05, 3.63) is 47.5 Å². The standard InChI is InChI=1S/C32H48N4O4/c1-29(2)17-25(18-30(3,4)35(29)39-9)33-27(37)23-13-11-22-16-24(14-12-21(22)15-23)28(38)34-26-19-31(5,6)36(40-10)32(7,8)20-26/h11-16,25-26H,17-20H2,1-10H3,(H,33,37)(H,34,38). The Hall–Kier alpha value is -2.52. The lowest BCUT2D eigenvalue weighted by Gasteiger charge is -2.53. The first-order valence-electron chi connectivity index (χ1n) is 14.3.